The molecule has 0 unspecified atom stereocenters. The number of aryl methyl sites for hydroxylation is 7. The summed E-state index contributed by atoms with van der Waals surface area (Å²) in [6.45, 7) is 32.0. The number of unbranched alkanes of at least 4 members (excludes halogenated alkanes) is 9. The van der Waals surface area contributed by atoms with Crippen LogP contribution in [-0.2, 0) is 37.9 Å². The minimum Gasteiger partial charge on any atom is -0.399 e. The van der Waals surface area contributed by atoms with Crippen LogP contribution >= 0.6 is 43.5 Å². The minimum atomic E-state index is -0.355. The lowest BCUT2D eigenvalue weighted by Gasteiger charge is -2.32. The van der Waals surface area contributed by atoms with Gasteiger partial charge in [0.25, 0.3) is 0 Å². The highest BCUT2D eigenvalue weighted by atomic mass is 79.9. The molecule has 0 bridgehead atoms. The Morgan fingerprint density at radius 2 is 0.836 bits per heavy atom. The van der Waals surface area contributed by atoms with E-state index in [1.54, 1.807) is 0 Å². The second kappa shape index (κ2) is 28.2. The van der Waals surface area contributed by atoms with Gasteiger partial charge in [-0.05, 0) is 179 Å². The Morgan fingerprint density at radius 1 is 0.433 bits per heavy atom. The molecule has 2 aliphatic rings. The van der Waals surface area contributed by atoms with Gasteiger partial charge in [-0.15, -0.1) is 0 Å². The molecule has 67 heavy (non-hydrogen) atoms. The topological polar surface area (TPSA) is 36.9 Å². The minimum absolute atomic E-state index is 0.350. The summed E-state index contributed by atoms with van der Waals surface area (Å²) >= 11 is 12.8. The number of hydrogen-bond acceptors (Lipinski definition) is 4. The lowest BCUT2D eigenvalue weighted by atomic mass is 9.68. The molecule has 4 aromatic rings. The molecule has 2 fully saturated rings. The fraction of sp³-hybridized carbons (Fsp3) is 0.586. The molecule has 0 aliphatic carbocycles. The van der Waals surface area contributed by atoms with Crippen LogP contribution in [0.5, 0.6) is 0 Å². The van der Waals surface area contributed by atoms with Crippen LogP contribution in [0.2, 0.25) is 5.02 Å². The van der Waals surface area contributed by atoms with Crippen LogP contribution in [-0.4, -0.2) is 36.6 Å². The molecule has 0 spiro atoms. The Morgan fingerprint density at radius 3 is 1.27 bits per heavy atom. The van der Waals surface area contributed by atoms with Crippen molar-refractivity contribution < 1.29 is 18.6 Å². The van der Waals surface area contributed by atoms with Crippen molar-refractivity contribution in [3.8, 4) is 0 Å². The van der Waals surface area contributed by atoms with E-state index in [0.29, 0.717) is 0 Å². The predicted octanol–water partition coefficient (Wildman–Crippen LogP) is 17.1. The Labute approximate surface area is 432 Å². The number of hydrogen-bond donors (Lipinski definition) is 0. The van der Waals surface area contributed by atoms with Crippen molar-refractivity contribution in [2.24, 2.45) is 0 Å². The van der Waals surface area contributed by atoms with Gasteiger partial charge in [-0.2, -0.15) is 0 Å². The maximum Gasteiger partial charge on any atom is 0.495 e. The van der Waals surface area contributed by atoms with Gasteiger partial charge in [0.05, 0.1) is 22.4 Å². The summed E-state index contributed by atoms with van der Waals surface area (Å²) in [5.41, 5.74) is 10.1. The molecule has 6 rings (SSSR count). The SMILES string of the molecule is CCCCCCc1cc(B2OC(C)(C)C(C)(C)O2)c(C)cc1B1OC(C)(C)C(C)(C)O1.CCCCCCc1cc(Br)c(C)cc1Br.CCCCCCc1ccc(C)cc1.Cc1ccc(Cl)cc1. The molecule has 370 valence electrons. The van der Waals surface area contributed by atoms with Crippen molar-refractivity contribution in [1.82, 2.24) is 0 Å². The quantitative estimate of drug-likeness (QED) is 0.0780. The summed E-state index contributed by atoms with van der Waals surface area (Å²) in [4.78, 5) is 0. The third kappa shape index (κ3) is 19.0. The van der Waals surface area contributed by atoms with E-state index in [1.165, 1.54) is 126 Å². The van der Waals surface area contributed by atoms with E-state index in [0.717, 1.165) is 34.4 Å². The maximum atomic E-state index is 6.42. The first-order valence-corrected chi connectivity index (χ1v) is 27.5. The predicted molar refractivity (Wildman–Crippen MR) is 300 cm³/mol. The average molecular weight is 1070 g/mol. The largest absolute Gasteiger partial charge is 0.495 e. The van der Waals surface area contributed by atoms with E-state index in [9.17, 15) is 0 Å². The second-order valence-corrected chi connectivity index (χ2v) is 23.1. The van der Waals surface area contributed by atoms with Gasteiger partial charge in [-0.1, -0.05) is 187 Å². The first-order valence-electron chi connectivity index (χ1n) is 25.5. The van der Waals surface area contributed by atoms with Crippen molar-refractivity contribution in [2.45, 2.75) is 223 Å². The molecule has 0 amide bonds. The van der Waals surface area contributed by atoms with Gasteiger partial charge in [-0.3, -0.25) is 0 Å². The number of benzene rings is 4. The number of rotatable bonds is 17. The molecule has 0 aromatic heterocycles. The van der Waals surface area contributed by atoms with Crippen molar-refractivity contribution in [3.63, 3.8) is 0 Å². The molecule has 0 atom stereocenters. The zero-order valence-corrected chi connectivity index (χ0v) is 48.4. The van der Waals surface area contributed by atoms with Gasteiger partial charge < -0.3 is 18.6 Å². The molecule has 9 heteroatoms. The summed E-state index contributed by atoms with van der Waals surface area (Å²) in [6.07, 6.45) is 19.1. The maximum absolute atomic E-state index is 6.42. The third-order valence-corrected chi connectivity index (χ3v) is 15.8. The molecule has 2 saturated heterocycles. The van der Waals surface area contributed by atoms with Gasteiger partial charge in [0.15, 0.2) is 0 Å². The van der Waals surface area contributed by atoms with Crippen LogP contribution in [0.4, 0.5) is 0 Å². The van der Waals surface area contributed by atoms with E-state index in [-0.39, 0.29) is 36.6 Å². The zero-order chi connectivity index (χ0) is 50.0. The van der Waals surface area contributed by atoms with E-state index < -0.39 is 0 Å². The van der Waals surface area contributed by atoms with Crippen LogP contribution in [0, 0.1) is 27.7 Å². The highest BCUT2D eigenvalue weighted by Crippen LogP contribution is 2.38. The van der Waals surface area contributed by atoms with Crippen LogP contribution in [0.1, 0.15) is 192 Å². The summed E-state index contributed by atoms with van der Waals surface area (Å²) in [5, 5.41) is 0.801. The molecular weight excluding hydrogens is 978 g/mol. The number of halogens is 3. The Bertz CT molecular complexity index is 2010. The molecule has 4 nitrogen and oxygen atoms in total. The first-order chi connectivity index (χ1) is 31.5. The lowest BCUT2D eigenvalue weighted by Crippen LogP contribution is -2.42. The van der Waals surface area contributed by atoms with E-state index in [4.69, 9.17) is 30.2 Å². The fourth-order valence-electron chi connectivity index (χ4n) is 7.83. The van der Waals surface area contributed by atoms with Gasteiger partial charge in [0.1, 0.15) is 0 Å². The van der Waals surface area contributed by atoms with Crippen molar-refractivity contribution in [3.05, 3.63) is 126 Å². The smallest absolute Gasteiger partial charge is 0.399 e. The monoisotopic (exact) mass is 1060 g/mol. The fourth-order valence-corrected chi connectivity index (χ4v) is 9.00. The molecule has 4 aromatic carbocycles. The summed E-state index contributed by atoms with van der Waals surface area (Å²) in [7, 11) is -0.705. The van der Waals surface area contributed by atoms with Crippen LogP contribution in [0.25, 0.3) is 0 Å². The standard InChI is InChI=1S/C25H42B2O4.C13H18Br2.C13H20.C7H7Cl/c1-11-12-13-14-15-19-17-20(26-28-22(3,4)23(5,6)29-26)18(2)16-21(19)27-30-24(7,8)25(9,10)31-27;1-3-4-5-6-7-11-9-12(14)10(2)8-13(11)15;1-3-4-5-6-7-13-10-8-12(2)9-11-13;1-6-2-4-7(8)5-3-6/h16-17H,11-15H2,1-10H3;8-9H,3-7H2,1-2H3;8-11H,3-7H2,1-2H3;2-5H,1H3. The molecular formula is C58H87B2Br2ClO4. The van der Waals surface area contributed by atoms with Crippen molar-refractivity contribution >= 4 is 68.6 Å². The molecule has 2 heterocycles. The molecule has 0 N–H and O–H groups in total. The molecule has 0 radical (unpaired) electrons. The normalized spacial score (nSPS) is 16.4. The first kappa shape index (κ1) is 59.4. The van der Waals surface area contributed by atoms with Gasteiger partial charge >= 0.3 is 14.2 Å². The Hall–Kier alpha value is -1.90. The van der Waals surface area contributed by atoms with E-state index in [2.05, 4.69) is 177 Å². The molecule has 0 saturated carbocycles. The van der Waals surface area contributed by atoms with E-state index >= 15 is 0 Å². The third-order valence-electron chi connectivity index (χ3n) is 13.9. The van der Waals surface area contributed by atoms with Crippen LogP contribution in [0.15, 0.2) is 81.7 Å². The highest BCUT2D eigenvalue weighted by Gasteiger charge is 2.54. The average Bonchev–Trinajstić information content (AvgIpc) is 3.63. The summed E-state index contributed by atoms with van der Waals surface area (Å²) in [5.74, 6) is 0. The molecule has 2 aliphatic heterocycles. The van der Waals surface area contributed by atoms with Crippen LogP contribution < -0.4 is 10.9 Å². The van der Waals surface area contributed by atoms with Crippen molar-refractivity contribution in [1.29, 1.82) is 0 Å². The van der Waals surface area contributed by atoms with Gasteiger partial charge in [0.2, 0.25) is 0 Å². The van der Waals surface area contributed by atoms with E-state index in [1.807, 2.05) is 31.2 Å². The highest BCUT2D eigenvalue weighted by molar-refractivity contribution is 9.11. The van der Waals surface area contributed by atoms with Gasteiger partial charge in [-0.25, -0.2) is 0 Å². The summed E-state index contributed by atoms with van der Waals surface area (Å²) < 4.78 is 28.1. The Balaban J connectivity index is 0.000000273. The lowest BCUT2D eigenvalue weighted by molar-refractivity contribution is 0.00578. The van der Waals surface area contributed by atoms with Crippen molar-refractivity contribution in [2.75, 3.05) is 0 Å². The second-order valence-electron chi connectivity index (χ2n) is 21.0. The zero-order valence-electron chi connectivity index (χ0n) is 44.5. The van der Waals surface area contributed by atoms with Crippen LogP contribution in [0.3, 0.4) is 0 Å². The summed E-state index contributed by atoms with van der Waals surface area (Å²) in [6, 6.07) is 25.6. The Kier molecular flexibility index (Phi) is 25.0. The van der Waals surface area contributed by atoms with Gasteiger partial charge in [0, 0.05) is 14.0 Å².